The first-order valence-electron chi connectivity index (χ1n) is 9.21. The van der Waals surface area contributed by atoms with Crippen LogP contribution in [0.2, 0.25) is 0 Å². The maximum atomic E-state index is 12.8. The maximum Gasteiger partial charge on any atom is 0.416 e. The number of carbonyl (C=O) groups is 1. The number of alkyl halides is 3. The largest absolute Gasteiger partial charge is 0.416 e. The number of likely N-dealkylation sites (N-methyl/N-ethyl adjacent to an activating group) is 1. The molecule has 0 fully saturated rings. The van der Waals surface area contributed by atoms with Crippen LogP contribution in [0.1, 0.15) is 30.5 Å². The molecule has 0 N–H and O–H groups in total. The zero-order chi connectivity index (χ0) is 20.7. The van der Waals surface area contributed by atoms with Crippen LogP contribution in [-0.4, -0.2) is 42.9 Å². The van der Waals surface area contributed by atoms with Gasteiger partial charge in [0.1, 0.15) is 0 Å². The van der Waals surface area contributed by atoms with Gasteiger partial charge in [-0.2, -0.15) is 13.2 Å². The lowest BCUT2D eigenvalue weighted by atomic mass is 9.77. The number of nitrogens with zero attached hydrogens (tertiary/aromatic N) is 2. The first-order chi connectivity index (χ1) is 13.0. The van der Waals surface area contributed by atoms with E-state index in [1.54, 1.807) is 19.0 Å². The molecule has 0 bridgehead atoms. The minimum Gasteiger partial charge on any atom is -0.348 e. The molecule has 6 heteroatoms. The van der Waals surface area contributed by atoms with Crippen molar-refractivity contribution in [2.24, 2.45) is 0 Å². The highest BCUT2D eigenvalue weighted by atomic mass is 19.4. The summed E-state index contributed by atoms with van der Waals surface area (Å²) >= 11 is 0. The molecule has 1 aliphatic rings. The minimum atomic E-state index is -4.34. The third kappa shape index (κ3) is 4.22. The number of rotatable bonds is 3. The van der Waals surface area contributed by atoms with E-state index in [4.69, 9.17) is 0 Å². The Hall–Kier alpha value is -2.34. The van der Waals surface area contributed by atoms with Gasteiger partial charge in [-0.05, 0) is 40.5 Å². The first-order valence-corrected chi connectivity index (χ1v) is 9.21. The molecule has 150 valence electrons. The van der Waals surface area contributed by atoms with Crippen LogP contribution in [0, 0.1) is 0 Å². The Balaban J connectivity index is 1.90. The molecule has 0 aromatic heterocycles. The van der Waals surface area contributed by atoms with Crippen LogP contribution in [0.3, 0.4) is 0 Å². The molecule has 0 saturated carbocycles. The number of hydrogen-bond acceptors (Lipinski definition) is 2. The van der Waals surface area contributed by atoms with Crippen molar-refractivity contribution in [2.45, 2.75) is 32.0 Å². The third-order valence-electron chi connectivity index (χ3n) is 5.25. The van der Waals surface area contributed by atoms with Gasteiger partial charge >= 0.3 is 6.18 Å². The first kappa shape index (κ1) is 20.4. The highest BCUT2D eigenvalue weighted by Gasteiger charge is 2.33. The summed E-state index contributed by atoms with van der Waals surface area (Å²) in [5, 5.41) is 0. The molecule has 0 unspecified atom stereocenters. The molecule has 1 aliphatic heterocycles. The number of fused-ring (bicyclic) bond motifs is 1. The van der Waals surface area contributed by atoms with Crippen molar-refractivity contribution >= 4 is 5.91 Å². The molecule has 2 aromatic rings. The van der Waals surface area contributed by atoms with Crippen LogP contribution >= 0.6 is 0 Å². The molecule has 0 saturated heterocycles. The van der Waals surface area contributed by atoms with E-state index in [0.717, 1.165) is 35.4 Å². The molecular weight excluding hydrogens is 365 g/mol. The van der Waals surface area contributed by atoms with Crippen molar-refractivity contribution < 1.29 is 18.0 Å². The van der Waals surface area contributed by atoms with Gasteiger partial charge in [-0.1, -0.05) is 38.1 Å². The molecule has 0 aliphatic carbocycles. The van der Waals surface area contributed by atoms with Crippen LogP contribution in [0.25, 0.3) is 11.1 Å². The predicted octanol–water partition coefficient (Wildman–Crippen LogP) is 4.55. The van der Waals surface area contributed by atoms with Crippen molar-refractivity contribution in [3.05, 3.63) is 59.2 Å². The van der Waals surface area contributed by atoms with E-state index in [1.165, 1.54) is 17.7 Å². The van der Waals surface area contributed by atoms with E-state index in [-0.39, 0.29) is 11.3 Å². The molecule has 0 radical (unpaired) electrons. The summed E-state index contributed by atoms with van der Waals surface area (Å²) in [6.07, 6.45) is -4.34. The van der Waals surface area contributed by atoms with Crippen molar-refractivity contribution in [1.29, 1.82) is 0 Å². The standard InChI is InChI=1S/C22H25F3N2O/c1-21(2)14-27(13-20(28)26(3)4)12-17-11-16(7-10-19(17)21)15-5-8-18(9-6-15)22(23,24)25/h5-11H,12-14H2,1-4H3. The number of hydrogen-bond donors (Lipinski definition) is 0. The molecular formula is C22H25F3N2O. The van der Waals surface area contributed by atoms with Gasteiger partial charge in [-0.25, -0.2) is 0 Å². The Labute approximate surface area is 163 Å². The maximum absolute atomic E-state index is 12.8. The van der Waals surface area contributed by atoms with Crippen molar-refractivity contribution in [3.8, 4) is 11.1 Å². The highest BCUT2D eigenvalue weighted by molar-refractivity contribution is 5.77. The Morgan fingerprint density at radius 1 is 1.07 bits per heavy atom. The summed E-state index contributed by atoms with van der Waals surface area (Å²) in [7, 11) is 3.49. The Morgan fingerprint density at radius 2 is 1.68 bits per heavy atom. The smallest absolute Gasteiger partial charge is 0.348 e. The minimum absolute atomic E-state index is 0.0538. The predicted molar refractivity (Wildman–Crippen MR) is 104 cm³/mol. The second kappa shape index (κ2) is 7.24. The molecule has 0 spiro atoms. The van der Waals surface area contributed by atoms with Crippen LogP contribution < -0.4 is 0 Å². The summed E-state index contributed by atoms with van der Waals surface area (Å²) in [5.41, 5.74) is 3.19. The van der Waals surface area contributed by atoms with Crippen molar-refractivity contribution in [2.75, 3.05) is 27.2 Å². The Morgan fingerprint density at radius 3 is 2.25 bits per heavy atom. The van der Waals surface area contributed by atoms with Crippen LogP contribution in [0.5, 0.6) is 0 Å². The summed E-state index contributed by atoms with van der Waals surface area (Å²) in [6.45, 7) is 6.07. The molecule has 1 amide bonds. The van der Waals surface area contributed by atoms with Gasteiger partial charge in [0.05, 0.1) is 12.1 Å². The van der Waals surface area contributed by atoms with Gasteiger partial charge < -0.3 is 4.90 Å². The number of halogens is 3. The van der Waals surface area contributed by atoms with Crippen LogP contribution in [0.4, 0.5) is 13.2 Å². The second-order valence-corrected chi connectivity index (χ2v) is 8.26. The van der Waals surface area contributed by atoms with Gasteiger partial charge in [0, 0.05) is 32.6 Å². The van der Waals surface area contributed by atoms with E-state index in [1.807, 2.05) is 12.1 Å². The molecule has 3 rings (SSSR count). The number of amides is 1. The lowest BCUT2D eigenvalue weighted by molar-refractivity contribution is -0.137. The number of carbonyl (C=O) groups excluding carboxylic acids is 1. The fourth-order valence-electron chi connectivity index (χ4n) is 3.80. The van der Waals surface area contributed by atoms with E-state index < -0.39 is 11.7 Å². The SMILES string of the molecule is CN(C)C(=O)CN1Cc2cc(-c3ccc(C(F)(F)F)cc3)ccc2C(C)(C)C1. The topological polar surface area (TPSA) is 23.6 Å². The molecule has 2 aromatic carbocycles. The van der Waals surface area contributed by atoms with Gasteiger partial charge in [-0.3, -0.25) is 9.69 Å². The van der Waals surface area contributed by atoms with E-state index >= 15 is 0 Å². The van der Waals surface area contributed by atoms with E-state index in [0.29, 0.717) is 13.1 Å². The van der Waals surface area contributed by atoms with E-state index in [9.17, 15) is 18.0 Å². The van der Waals surface area contributed by atoms with Gasteiger partial charge in [0.25, 0.3) is 0 Å². The normalized spacial score (nSPS) is 16.5. The summed E-state index contributed by atoms with van der Waals surface area (Å²) in [4.78, 5) is 15.8. The fraction of sp³-hybridized carbons (Fsp3) is 0.409. The highest BCUT2D eigenvalue weighted by Crippen LogP contribution is 2.36. The quantitative estimate of drug-likeness (QED) is 0.767. The third-order valence-corrected chi connectivity index (χ3v) is 5.25. The van der Waals surface area contributed by atoms with E-state index in [2.05, 4.69) is 24.8 Å². The average Bonchev–Trinajstić information content (AvgIpc) is 2.60. The Bertz CT molecular complexity index is 870. The second-order valence-electron chi connectivity index (χ2n) is 8.26. The van der Waals surface area contributed by atoms with Crippen LogP contribution in [0.15, 0.2) is 42.5 Å². The molecule has 3 nitrogen and oxygen atoms in total. The zero-order valence-corrected chi connectivity index (χ0v) is 16.6. The summed E-state index contributed by atoms with van der Waals surface area (Å²) in [5.74, 6) is 0.0538. The van der Waals surface area contributed by atoms with Gasteiger partial charge in [0.15, 0.2) is 0 Å². The fourth-order valence-corrected chi connectivity index (χ4v) is 3.80. The van der Waals surface area contributed by atoms with Crippen molar-refractivity contribution in [1.82, 2.24) is 9.80 Å². The molecule has 1 heterocycles. The van der Waals surface area contributed by atoms with Gasteiger partial charge in [-0.15, -0.1) is 0 Å². The lowest BCUT2D eigenvalue weighted by Gasteiger charge is -2.40. The number of benzene rings is 2. The molecule has 0 atom stereocenters. The summed E-state index contributed by atoms with van der Waals surface area (Å²) in [6, 6.07) is 11.3. The van der Waals surface area contributed by atoms with Crippen molar-refractivity contribution in [3.63, 3.8) is 0 Å². The zero-order valence-electron chi connectivity index (χ0n) is 16.6. The molecule has 28 heavy (non-hydrogen) atoms. The monoisotopic (exact) mass is 390 g/mol. The Kier molecular flexibility index (Phi) is 5.28. The lowest BCUT2D eigenvalue weighted by Crippen LogP contribution is -2.46. The average molecular weight is 390 g/mol. The van der Waals surface area contributed by atoms with Gasteiger partial charge in [0.2, 0.25) is 5.91 Å². The van der Waals surface area contributed by atoms with Crippen LogP contribution in [-0.2, 0) is 22.9 Å². The summed E-state index contributed by atoms with van der Waals surface area (Å²) < 4.78 is 38.4.